The van der Waals surface area contributed by atoms with Crippen LogP contribution in [0.2, 0.25) is 0 Å². The van der Waals surface area contributed by atoms with Gasteiger partial charge in [0.1, 0.15) is 5.69 Å². The number of amides is 1. The first-order valence-electron chi connectivity index (χ1n) is 13.3. The number of nitrogens with one attached hydrogen (secondary N) is 1. The number of nitrogens with zero attached hydrogens (tertiary/aromatic N) is 5. The molecule has 5 aromatic rings. The van der Waals surface area contributed by atoms with Crippen LogP contribution < -0.4 is 16.6 Å². The molecule has 1 aliphatic heterocycles. The fourth-order valence-corrected chi connectivity index (χ4v) is 4.79. The number of nitrogen functional groups attached to an aromatic ring is 1. The third-order valence-electron chi connectivity index (χ3n) is 6.81. The first kappa shape index (κ1) is 26.3. The first-order valence-corrected chi connectivity index (χ1v) is 13.3. The average molecular weight is 552 g/mol. The number of anilines is 1. The molecule has 2 aromatic carbocycles. The normalized spacial score (nSPS) is 12.8. The van der Waals surface area contributed by atoms with E-state index < -0.39 is 11.9 Å². The van der Waals surface area contributed by atoms with Gasteiger partial charge >= 0.3 is 0 Å². The fraction of sp³-hybridized carbons (Fsp3) is 0.0909. The summed E-state index contributed by atoms with van der Waals surface area (Å²) >= 11 is 0. The summed E-state index contributed by atoms with van der Waals surface area (Å²) in [7, 11) is 0. The zero-order valence-corrected chi connectivity index (χ0v) is 22.7. The lowest BCUT2D eigenvalue weighted by molar-refractivity contribution is 0.0934. The molecule has 1 aliphatic rings. The van der Waals surface area contributed by atoms with Crippen molar-refractivity contribution in [2.24, 2.45) is 4.99 Å². The molecule has 0 bridgehead atoms. The van der Waals surface area contributed by atoms with Crippen LogP contribution in [-0.4, -0.2) is 31.6 Å². The second-order valence-electron chi connectivity index (χ2n) is 9.63. The lowest BCUT2D eigenvalue weighted by Gasteiger charge is -2.21. The number of carbonyl (C=O) groups is 1. The molecule has 1 atom stereocenters. The van der Waals surface area contributed by atoms with Crippen LogP contribution in [-0.2, 0) is 0 Å². The Morgan fingerprint density at radius 1 is 1.05 bits per heavy atom. The Bertz CT molecular complexity index is 2000. The Labute approximate surface area is 241 Å². The van der Waals surface area contributed by atoms with Gasteiger partial charge < -0.3 is 11.1 Å². The molecule has 0 radical (unpaired) electrons. The number of aromatic nitrogens is 4. The summed E-state index contributed by atoms with van der Waals surface area (Å²) in [6.45, 7) is 1.81. The van der Waals surface area contributed by atoms with Crippen LogP contribution in [0.3, 0.4) is 0 Å². The Morgan fingerprint density at radius 3 is 2.67 bits per heavy atom. The number of pyridine rings is 2. The van der Waals surface area contributed by atoms with Crippen LogP contribution in [0.4, 0.5) is 5.82 Å². The summed E-state index contributed by atoms with van der Waals surface area (Å²) in [6, 6.07) is 19.8. The van der Waals surface area contributed by atoms with Gasteiger partial charge in [0.15, 0.2) is 11.5 Å². The molecule has 0 fully saturated rings. The number of allylic oxidation sites excluding steroid dienone is 1. The first-order chi connectivity index (χ1) is 20.5. The molecule has 1 unspecified atom stereocenters. The molecular formula is C33H25N7O2. The van der Waals surface area contributed by atoms with Crippen LogP contribution in [0.5, 0.6) is 0 Å². The molecule has 0 saturated carbocycles. The largest absolute Gasteiger partial charge is 0.382 e. The monoisotopic (exact) mass is 551 g/mol. The highest BCUT2D eigenvalue weighted by Gasteiger charge is 2.22. The van der Waals surface area contributed by atoms with Gasteiger partial charge in [-0.25, -0.2) is 9.97 Å². The maximum absolute atomic E-state index is 14.2. The smallest absolute Gasteiger partial charge is 0.274 e. The number of aliphatic imine (C=N–C) groups is 1. The van der Waals surface area contributed by atoms with E-state index in [0.717, 1.165) is 5.56 Å². The fourth-order valence-electron chi connectivity index (χ4n) is 4.79. The third kappa shape index (κ3) is 5.17. The highest BCUT2D eigenvalue weighted by Crippen LogP contribution is 2.24. The van der Waals surface area contributed by atoms with E-state index in [1.54, 1.807) is 30.1 Å². The topological polar surface area (TPSA) is 128 Å². The molecule has 0 spiro atoms. The molecule has 3 N–H and O–H groups in total. The van der Waals surface area contributed by atoms with Crippen LogP contribution >= 0.6 is 0 Å². The Kier molecular flexibility index (Phi) is 7.10. The maximum Gasteiger partial charge on any atom is 0.274 e. The Balaban J connectivity index is 1.43. The maximum atomic E-state index is 14.2. The number of hydrogen-bond acceptors (Lipinski definition) is 7. The van der Waals surface area contributed by atoms with Crippen LogP contribution in [0.15, 0.2) is 101 Å². The number of hydrogen-bond donors (Lipinski definition) is 2. The van der Waals surface area contributed by atoms with E-state index in [-0.39, 0.29) is 17.1 Å². The molecule has 1 amide bonds. The van der Waals surface area contributed by atoms with Gasteiger partial charge in [-0.1, -0.05) is 48.2 Å². The standard InChI is InChI=1S/C33H25N7O2/c1-21(38-32(41)30-31(34)37-20-27(39-30)26-13-7-17-36-26)28-18-24-10-5-9-23(15-14-22-8-6-16-35-19-22)29(24)33(42)40(28)25-11-3-2-4-12-25/h2-6,8-13,16-21H,7H2,1H3,(H2,34,37)(H,38,41). The van der Waals surface area contributed by atoms with Crippen molar-refractivity contribution >= 4 is 34.4 Å². The van der Waals surface area contributed by atoms with E-state index in [9.17, 15) is 9.59 Å². The van der Waals surface area contributed by atoms with E-state index in [1.165, 1.54) is 6.20 Å². The summed E-state index contributed by atoms with van der Waals surface area (Å²) in [6.07, 6.45) is 9.20. The van der Waals surface area contributed by atoms with E-state index in [4.69, 9.17) is 5.73 Å². The molecule has 42 heavy (non-hydrogen) atoms. The van der Waals surface area contributed by atoms with Crippen LogP contribution in [0, 0.1) is 11.8 Å². The van der Waals surface area contributed by atoms with Crippen molar-refractivity contribution in [2.45, 2.75) is 19.4 Å². The molecule has 9 nitrogen and oxygen atoms in total. The second kappa shape index (κ2) is 11.3. The van der Waals surface area contributed by atoms with Crippen molar-refractivity contribution in [2.75, 3.05) is 5.73 Å². The second-order valence-corrected chi connectivity index (χ2v) is 9.63. The highest BCUT2D eigenvalue weighted by molar-refractivity contribution is 5.97. The summed E-state index contributed by atoms with van der Waals surface area (Å²) in [4.78, 5) is 44.6. The number of fused-ring (bicyclic) bond motifs is 1. The molecule has 0 aliphatic carbocycles. The van der Waals surface area contributed by atoms with Gasteiger partial charge in [0.05, 0.1) is 23.3 Å². The van der Waals surface area contributed by atoms with Gasteiger partial charge in [-0.2, -0.15) is 0 Å². The molecular weight excluding hydrogens is 526 g/mol. The summed E-state index contributed by atoms with van der Waals surface area (Å²) in [5.41, 5.74) is 9.46. The zero-order chi connectivity index (χ0) is 29.1. The number of rotatable bonds is 5. The average Bonchev–Trinajstić information content (AvgIpc) is 3.56. The van der Waals surface area contributed by atoms with Gasteiger partial charge in [0, 0.05) is 47.5 Å². The lowest BCUT2D eigenvalue weighted by atomic mass is 10.0. The van der Waals surface area contributed by atoms with Gasteiger partial charge in [-0.3, -0.25) is 24.1 Å². The van der Waals surface area contributed by atoms with E-state index in [0.29, 0.717) is 45.5 Å². The molecule has 204 valence electrons. The van der Waals surface area contributed by atoms with Gasteiger partial charge in [-0.15, -0.1) is 0 Å². The summed E-state index contributed by atoms with van der Waals surface area (Å²) in [5, 5.41) is 4.14. The third-order valence-corrected chi connectivity index (χ3v) is 6.81. The lowest BCUT2D eigenvalue weighted by Crippen LogP contribution is -2.33. The van der Waals surface area contributed by atoms with Crippen molar-refractivity contribution < 1.29 is 4.79 Å². The summed E-state index contributed by atoms with van der Waals surface area (Å²) in [5.74, 6) is 5.73. The predicted octanol–water partition coefficient (Wildman–Crippen LogP) is 4.46. The van der Waals surface area contributed by atoms with E-state index in [1.807, 2.05) is 72.8 Å². The van der Waals surface area contributed by atoms with Crippen molar-refractivity contribution in [3.63, 3.8) is 0 Å². The highest BCUT2D eigenvalue weighted by atomic mass is 16.2. The minimum Gasteiger partial charge on any atom is -0.382 e. The van der Waals surface area contributed by atoms with E-state index >= 15 is 0 Å². The SMILES string of the molecule is CC(NC(=O)c1nc(C2=CCC=N2)cnc1N)c1cc2cccc(C#Cc3cccnc3)c2c(=O)n1-c1ccccc1. The van der Waals surface area contributed by atoms with E-state index in [2.05, 4.69) is 37.1 Å². The number of benzene rings is 2. The molecule has 4 heterocycles. The number of carbonyl (C=O) groups excluding carboxylic acids is 1. The van der Waals surface area contributed by atoms with Crippen molar-refractivity contribution in [3.05, 3.63) is 130 Å². The predicted molar refractivity (Wildman–Crippen MR) is 163 cm³/mol. The minimum absolute atomic E-state index is 0.00169. The van der Waals surface area contributed by atoms with Crippen molar-refractivity contribution in [3.8, 4) is 17.5 Å². The number of nitrogens with two attached hydrogens (primary N) is 1. The molecule has 6 rings (SSSR count). The Morgan fingerprint density at radius 2 is 1.90 bits per heavy atom. The molecule has 0 saturated heterocycles. The van der Waals surface area contributed by atoms with Crippen LogP contribution in [0.1, 0.15) is 52.4 Å². The summed E-state index contributed by atoms with van der Waals surface area (Å²) < 4.78 is 1.60. The van der Waals surface area contributed by atoms with Crippen LogP contribution in [0.25, 0.3) is 22.2 Å². The van der Waals surface area contributed by atoms with Gasteiger partial charge in [0.2, 0.25) is 0 Å². The number of para-hydroxylation sites is 1. The van der Waals surface area contributed by atoms with Crippen molar-refractivity contribution in [1.82, 2.24) is 24.8 Å². The quantitative estimate of drug-likeness (QED) is 0.310. The van der Waals surface area contributed by atoms with Gasteiger partial charge in [-0.05, 0) is 48.7 Å². The van der Waals surface area contributed by atoms with Crippen molar-refractivity contribution in [1.29, 1.82) is 0 Å². The molecule has 3 aromatic heterocycles. The Hall–Kier alpha value is -5.88. The molecule has 9 heteroatoms. The van der Waals surface area contributed by atoms with Gasteiger partial charge in [0.25, 0.3) is 11.5 Å². The minimum atomic E-state index is -0.603. The zero-order valence-electron chi connectivity index (χ0n) is 22.7.